The van der Waals surface area contributed by atoms with Crippen LogP contribution in [0.4, 0.5) is 0 Å². The highest BCUT2D eigenvalue weighted by Gasteiger charge is 2.43. The summed E-state index contributed by atoms with van der Waals surface area (Å²) in [6.45, 7) is 2.14. The molecule has 1 aliphatic carbocycles. The van der Waals surface area contributed by atoms with Gasteiger partial charge in [-0.05, 0) is 50.2 Å². The van der Waals surface area contributed by atoms with Gasteiger partial charge in [0, 0.05) is 0 Å². The van der Waals surface area contributed by atoms with E-state index in [1.807, 2.05) is 0 Å². The van der Waals surface area contributed by atoms with E-state index in [1.165, 1.54) is 0 Å². The molecule has 1 saturated heterocycles. The van der Waals surface area contributed by atoms with Crippen LogP contribution in [0, 0.1) is 5.92 Å². The summed E-state index contributed by atoms with van der Waals surface area (Å²) in [7, 11) is 0. The number of hydrogen-bond donors (Lipinski definition) is 2. The monoisotopic (exact) mass is 271 g/mol. The Morgan fingerprint density at radius 1 is 1.28 bits per heavy atom. The minimum Gasteiger partial charge on any atom is -0.480 e. The molecule has 18 heavy (non-hydrogen) atoms. The Bertz CT molecular complexity index is 331. The van der Waals surface area contributed by atoms with E-state index in [2.05, 4.69) is 12.2 Å². The number of rotatable bonds is 3. The second-order valence-electron chi connectivity index (χ2n) is 5.56. The van der Waals surface area contributed by atoms with E-state index in [-0.39, 0.29) is 11.2 Å². The van der Waals surface area contributed by atoms with E-state index in [9.17, 15) is 14.7 Å². The fourth-order valence-electron chi connectivity index (χ4n) is 2.75. The maximum atomic E-state index is 12.1. The molecule has 2 rings (SSSR count). The van der Waals surface area contributed by atoms with Crippen molar-refractivity contribution in [2.75, 3.05) is 5.75 Å². The minimum atomic E-state index is -1.01. The number of carboxylic acid groups (broad SMARTS) is 1. The van der Waals surface area contributed by atoms with Crippen LogP contribution in [-0.2, 0) is 9.59 Å². The van der Waals surface area contributed by atoms with Crippen LogP contribution in [0.1, 0.15) is 45.4 Å². The lowest BCUT2D eigenvalue weighted by Crippen LogP contribution is -2.57. The van der Waals surface area contributed by atoms with E-state index < -0.39 is 11.5 Å². The smallest absolute Gasteiger partial charge is 0.329 e. The van der Waals surface area contributed by atoms with Gasteiger partial charge >= 0.3 is 5.97 Å². The average molecular weight is 271 g/mol. The largest absolute Gasteiger partial charge is 0.480 e. The van der Waals surface area contributed by atoms with Crippen LogP contribution >= 0.6 is 11.8 Å². The third kappa shape index (κ3) is 2.82. The number of aliphatic carboxylic acids is 1. The SMILES string of the molecule is CC1CCC(NC(=O)C2CCCS2)(C(=O)O)CC1. The molecule has 2 N–H and O–H groups in total. The molecule has 2 aliphatic rings. The lowest BCUT2D eigenvalue weighted by molar-refractivity contribution is -0.149. The standard InChI is InChI=1S/C13H21NO3S/c1-9-4-6-13(7-5-9,12(16)17)14-11(15)10-3-2-8-18-10/h9-10H,2-8H2,1H3,(H,14,15)(H,16,17). The molecule has 1 unspecified atom stereocenters. The number of carboxylic acids is 1. The van der Waals surface area contributed by atoms with E-state index in [0.29, 0.717) is 18.8 Å². The van der Waals surface area contributed by atoms with Crippen LogP contribution in [0.15, 0.2) is 0 Å². The van der Waals surface area contributed by atoms with Crippen molar-refractivity contribution in [1.29, 1.82) is 0 Å². The van der Waals surface area contributed by atoms with Gasteiger partial charge in [0.25, 0.3) is 0 Å². The number of carbonyl (C=O) groups is 2. The van der Waals surface area contributed by atoms with Crippen LogP contribution in [0.5, 0.6) is 0 Å². The topological polar surface area (TPSA) is 66.4 Å². The van der Waals surface area contributed by atoms with Crippen molar-refractivity contribution in [2.45, 2.75) is 56.2 Å². The molecule has 1 heterocycles. The predicted molar refractivity (Wildman–Crippen MR) is 71.6 cm³/mol. The maximum Gasteiger partial charge on any atom is 0.329 e. The Labute approximate surface area is 112 Å². The van der Waals surface area contributed by atoms with Crippen molar-refractivity contribution in [2.24, 2.45) is 5.92 Å². The van der Waals surface area contributed by atoms with Gasteiger partial charge in [-0.3, -0.25) is 4.79 Å². The summed E-state index contributed by atoms with van der Waals surface area (Å²) in [5.41, 5.74) is -1.01. The molecule has 1 aliphatic heterocycles. The molecule has 4 nitrogen and oxygen atoms in total. The summed E-state index contributed by atoms with van der Waals surface area (Å²) in [5.74, 6) is 0.630. The normalized spacial score (nSPS) is 36.3. The molecule has 5 heteroatoms. The fourth-order valence-corrected chi connectivity index (χ4v) is 3.91. The first-order valence-electron chi connectivity index (χ1n) is 6.70. The van der Waals surface area contributed by atoms with Crippen molar-refractivity contribution in [1.82, 2.24) is 5.32 Å². The first-order valence-corrected chi connectivity index (χ1v) is 7.75. The van der Waals surface area contributed by atoms with Crippen LogP contribution in [0.25, 0.3) is 0 Å². The Morgan fingerprint density at radius 3 is 2.44 bits per heavy atom. The maximum absolute atomic E-state index is 12.1. The van der Waals surface area contributed by atoms with Crippen molar-refractivity contribution in [3.63, 3.8) is 0 Å². The molecular weight excluding hydrogens is 250 g/mol. The van der Waals surface area contributed by atoms with Crippen LogP contribution in [0.2, 0.25) is 0 Å². The first kappa shape index (κ1) is 13.7. The van der Waals surface area contributed by atoms with Gasteiger partial charge in [0.2, 0.25) is 5.91 Å². The van der Waals surface area contributed by atoms with Gasteiger partial charge < -0.3 is 10.4 Å². The van der Waals surface area contributed by atoms with E-state index in [0.717, 1.165) is 31.4 Å². The first-order chi connectivity index (χ1) is 8.53. The molecule has 102 valence electrons. The Kier molecular flexibility index (Phi) is 4.20. The average Bonchev–Trinajstić information content (AvgIpc) is 2.85. The summed E-state index contributed by atoms with van der Waals surface area (Å²) < 4.78 is 0. The lowest BCUT2D eigenvalue weighted by Gasteiger charge is -2.37. The summed E-state index contributed by atoms with van der Waals surface area (Å²) in [6, 6.07) is 0. The third-order valence-electron chi connectivity index (χ3n) is 4.12. The molecule has 2 fully saturated rings. The highest BCUT2D eigenvalue weighted by Crippen LogP contribution is 2.33. The van der Waals surface area contributed by atoms with Crippen molar-refractivity contribution in [3.8, 4) is 0 Å². The number of carbonyl (C=O) groups excluding carboxylic acids is 1. The molecule has 0 spiro atoms. The van der Waals surface area contributed by atoms with Gasteiger partial charge in [0.1, 0.15) is 5.54 Å². The van der Waals surface area contributed by atoms with Gasteiger partial charge in [-0.2, -0.15) is 0 Å². The number of amides is 1. The van der Waals surface area contributed by atoms with Crippen LogP contribution in [-0.4, -0.2) is 33.5 Å². The lowest BCUT2D eigenvalue weighted by atomic mass is 9.77. The summed E-state index contributed by atoms with van der Waals surface area (Å²) in [5, 5.41) is 12.2. The molecule has 1 saturated carbocycles. The molecule has 0 bridgehead atoms. The van der Waals surface area contributed by atoms with Gasteiger partial charge in [-0.1, -0.05) is 6.92 Å². The highest BCUT2D eigenvalue weighted by molar-refractivity contribution is 8.00. The van der Waals surface area contributed by atoms with E-state index >= 15 is 0 Å². The Hall–Kier alpha value is -0.710. The van der Waals surface area contributed by atoms with E-state index in [4.69, 9.17) is 0 Å². The third-order valence-corrected chi connectivity index (χ3v) is 5.50. The zero-order chi connectivity index (χ0) is 13.2. The summed E-state index contributed by atoms with van der Waals surface area (Å²) in [6.07, 6.45) is 4.82. The predicted octanol–water partition coefficient (Wildman–Crippen LogP) is 2.03. The Morgan fingerprint density at radius 2 is 1.94 bits per heavy atom. The van der Waals surface area contributed by atoms with Gasteiger partial charge in [-0.15, -0.1) is 11.8 Å². The van der Waals surface area contributed by atoms with Gasteiger partial charge in [-0.25, -0.2) is 4.79 Å². The molecule has 1 amide bonds. The van der Waals surface area contributed by atoms with Gasteiger partial charge in [0.05, 0.1) is 5.25 Å². The number of thioether (sulfide) groups is 1. The second kappa shape index (κ2) is 5.51. The highest BCUT2D eigenvalue weighted by atomic mass is 32.2. The number of hydrogen-bond acceptors (Lipinski definition) is 3. The van der Waals surface area contributed by atoms with Gasteiger partial charge in [0.15, 0.2) is 0 Å². The molecule has 0 aromatic heterocycles. The molecular formula is C13H21NO3S. The van der Waals surface area contributed by atoms with Crippen LogP contribution < -0.4 is 5.32 Å². The molecule has 1 atom stereocenters. The van der Waals surface area contributed by atoms with Crippen LogP contribution in [0.3, 0.4) is 0 Å². The van der Waals surface area contributed by atoms with Crippen molar-refractivity contribution < 1.29 is 14.7 Å². The zero-order valence-corrected chi connectivity index (χ0v) is 11.6. The second-order valence-corrected chi connectivity index (χ2v) is 6.87. The quantitative estimate of drug-likeness (QED) is 0.824. The summed E-state index contributed by atoms with van der Waals surface area (Å²) in [4.78, 5) is 23.6. The molecule has 0 aromatic carbocycles. The summed E-state index contributed by atoms with van der Waals surface area (Å²) >= 11 is 1.65. The van der Waals surface area contributed by atoms with E-state index in [1.54, 1.807) is 11.8 Å². The minimum absolute atomic E-state index is 0.0411. The molecule has 0 radical (unpaired) electrons. The molecule has 0 aromatic rings. The Balaban J connectivity index is 2.01. The van der Waals surface area contributed by atoms with Crippen molar-refractivity contribution in [3.05, 3.63) is 0 Å². The zero-order valence-electron chi connectivity index (χ0n) is 10.8. The fraction of sp³-hybridized carbons (Fsp3) is 0.846. The van der Waals surface area contributed by atoms with Crippen molar-refractivity contribution >= 4 is 23.6 Å². The number of nitrogens with one attached hydrogen (secondary N) is 1.